The maximum absolute atomic E-state index is 8.70. The zero-order valence-electron chi connectivity index (χ0n) is 11.3. The number of rotatable bonds is 4. The van der Waals surface area contributed by atoms with Gasteiger partial charge in [0.25, 0.3) is 0 Å². The van der Waals surface area contributed by atoms with E-state index in [0.717, 1.165) is 28.3 Å². The molecular weight excluding hydrogens is 240 g/mol. The zero-order valence-corrected chi connectivity index (χ0v) is 11.3. The van der Waals surface area contributed by atoms with Gasteiger partial charge < -0.3 is 14.5 Å². The molecule has 98 valence electrons. The van der Waals surface area contributed by atoms with E-state index in [2.05, 4.69) is 5.32 Å². The van der Waals surface area contributed by atoms with E-state index in [9.17, 15) is 0 Å². The summed E-state index contributed by atoms with van der Waals surface area (Å²) in [5.74, 6) is 1.95. The number of benzene rings is 1. The van der Waals surface area contributed by atoms with Gasteiger partial charge in [0.05, 0.1) is 13.7 Å². The third-order valence-electron chi connectivity index (χ3n) is 3.03. The molecule has 0 amide bonds. The van der Waals surface area contributed by atoms with Crippen LogP contribution in [0.3, 0.4) is 0 Å². The van der Waals surface area contributed by atoms with Crippen molar-refractivity contribution in [3.63, 3.8) is 0 Å². The van der Waals surface area contributed by atoms with Crippen LogP contribution >= 0.6 is 0 Å². The molecule has 2 rings (SSSR count). The summed E-state index contributed by atoms with van der Waals surface area (Å²) < 4.78 is 10.7. The molecule has 0 spiro atoms. The average Bonchev–Trinajstić information content (AvgIpc) is 2.86. The lowest BCUT2D eigenvalue weighted by Crippen LogP contribution is -2.02. The second-order valence-electron chi connectivity index (χ2n) is 4.32. The van der Waals surface area contributed by atoms with E-state index >= 15 is 0 Å². The number of nitrogens with one attached hydrogen (secondary N) is 1. The summed E-state index contributed by atoms with van der Waals surface area (Å²) in [6.45, 7) is 4.56. The number of hydrogen-bond donors (Lipinski definition) is 1. The van der Waals surface area contributed by atoms with Gasteiger partial charge in [0, 0.05) is 11.3 Å². The Hall–Kier alpha value is -2.41. The van der Waals surface area contributed by atoms with Gasteiger partial charge in [-0.2, -0.15) is 5.26 Å². The molecule has 19 heavy (non-hydrogen) atoms. The SMILES string of the molecule is COc1c(C)ccc(NCc2ccc(C#N)o2)c1C. The lowest BCUT2D eigenvalue weighted by atomic mass is 10.1. The molecule has 0 aliphatic rings. The topological polar surface area (TPSA) is 58.2 Å². The molecule has 4 nitrogen and oxygen atoms in total. The van der Waals surface area contributed by atoms with Crippen LogP contribution in [0.15, 0.2) is 28.7 Å². The number of nitrogens with zero attached hydrogens (tertiary/aromatic N) is 1. The van der Waals surface area contributed by atoms with Gasteiger partial charge in [0.2, 0.25) is 5.76 Å². The first-order chi connectivity index (χ1) is 9.15. The van der Waals surface area contributed by atoms with Crippen molar-refractivity contribution < 1.29 is 9.15 Å². The Morgan fingerprint density at radius 3 is 2.68 bits per heavy atom. The fourth-order valence-electron chi connectivity index (χ4n) is 2.05. The third-order valence-corrected chi connectivity index (χ3v) is 3.03. The summed E-state index contributed by atoms with van der Waals surface area (Å²) >= 11 is 0. The molecule has 2 aromatic rings. The number of hydrogen-bond acceptors (Lipinski definition) is 4. The number of furan rings is 1. The van der Waals surface area contributed by atoms with Gasteiger partial charge in [0.1, 0.15) is 17.6 Å². The Bertz CT molecular complexity index is 624. The predicted molar refractivity (Wildman–Crippen MR) is 73.2 cm³/mol. The summed E-state index contributed by atoms with van der Waals surface area (Å²) in [5.41, 5.74) is 3.17. The van der Waals surface area contributed by atoms with Gasteiger partial charge in [-0.1, -0.05) is 6.07 Å². The number of nitriles is 1. The van der Waals surface area contributed by atoms with Crippen molar-refractivity contribution >= 4 is 5.69 Å². The lowest BCUT2D eigenvalue weighted by molar-refractivity contribution is 0.409. The zero-order chi connectivity index (χ0) is 13.8. The standard InChI is InChI=1S/C15H16N2O2/c1-10-4-7-14(11(2)15(10)18-3)17-9-13-6-5-12(8-16)19-13/h4-7,17H,9H2,1-3H3. The summed E-state index contributed by atoms with van der Waals surface area (Å²) in [4.78, 5) is 0. The van der Waals surface area contributed by atoms with Crippen LogP contribution in [0, 0.1) is 25.2 Å². The molecule has 1 N–H and O–H groups in total. The lowest BCUT2D eigenvalue weighted by Gasteiger charge is -2.14. The van der Waals surface area contributed by atoms with Gasteiger partial charge in [-0.25, -0.2) is 0 Å². The highest BCUT2D eigenvalue weighted by atomic mass is 16.5. The minimum atomic E-state index is 0.329. The molecule has 1 aromatic carbocycles. The minimum Gasteiger partial charge on any atom is -0.496 e. The molecule has 0 saturated carbocycles. The molecule has 1 heterocycles. The molecule has 0 unspecified atom stereocenters. The van der Waals surface area contributed by atoms with Crippen molar-refractivity contribution in [1.82, 2.24) is 0 Å². The van der Waals surface area contributed by atoms with Crippen LogP contribution in [0.25, 0.3) is 0 Å². The number of anilines is 1. The Kier molecular flexibility index (Phi) is 3.76. The van der Waals surface area contributed by atoms with Crippen LogP contribution in [-0.2, 0) is 6.54 Å². The van der Waals surface area contributed by atoms with Crippen LogP contribution < -0.4 is 10.1 Å². The Balaban J connectivity index is 2.14. The molecule has 0 bridgehead atoms. The second kappa shape index (κ2) is 5.49. The molecule has 0 atom stereocenters. The quantitative estimate of drug-likeness (QED) is 0.911. The van der Waals surface area contributed by atoms with E-state index in [4.69, 9.17) is 14.4 Å². The fourth-order valence-corrected chi connectivity index (χ4v) is 2.05. The van der Waals surface area contributed by atoms with Crippen molar-refractivity contribution in [2.75, 3.05) is 12.4 Å². The van der Waals surface area contributed by atoms with Gasteiger partial charge in [-0.15, -0.1) is 0 Å². The molecule has 0 saturated heterocycles. The van der Waals surface area contributed by atoms with Crippen molar-refractivity contribution in [3.8, 4) is 11.8 Å². The maximum atomic E-state index is 8.70. The van der Waals surface area contributed by atoms with Crippen LogP contribution in [0.1, 0.15) is 22.6 Å². The van der Waals surface area contributed by atoms with Crippen LogP contribution in [0.5, 0.6) is 5.75 Å². The molecule has 0 fully saturated rings. The van der Waals surface area contributed by atoms with E-state index in [0.29, 0.717) is 12.3 Å². The number of aryl methyl sites for hydroxylation is 1. The minimum absolute atomic E-state index is 0.329. The first kappa shape index (κ1) is 13.0. The maximum Gasteiger partial charge on any atom is 0.203 e. The largest absolute Gasteiger partial charge is 0.496 e. The molecule has 4 heteroatoms. The average molecular weight is 256 g/mol. The first-order valence-electron chi connectivity index (χ1n) is 6.02. The highest BCUT2D eigenvalue weighted by molar-refractivity contribution is 5.59. The van der Waals surface area contributed by atoms with Crippen molar-refractivity contribution in [3.05, 3.63) is 46.9 Å². The predicted octanol–water partition coefficient (Wildman–Crippen LogP) is 3.39. The van der Waals surface area contributed by atoms with Crippen molar-refractivity contribution in [2.45, 2.75) is 20.4 Å². The Labute approximate surface area is 112 Å². The second-order valence-corrected chi connectivity index (χ2v) is 4.32. The smallest absolute Gasteiger partial charge is 0.203 e. The highest BCUT2D eigenvalue weighted by Gasteiger charge is 2.08. The number of methoxy groups -OCH3 is 1. The van der Waals surface area contributed by atoms with Crippen molar-refractivity contribution in [2.24, 2.45) is 0 Å². The molecule has 0 aliphatic carbocycles. The first-order valence-corrected chi connectivity index (χ1v) is 6.02. The summed E-state index contributed by atoms with van der Waals surface area (Å²) in [6.07, 6.45) is 0. The van der Waals surface area contributed by atoms with E-state index in [1.807, 2.05) is 32.0 Å². The Morgan fingerprint density at radius 1 is 1.26 bits per heavy atom. The molecule has 0 radical (unpaired) electrons. The molecule has 0 aliphatic heterocycles. The third kappa shape index (κ3) is 2.71. The van der Waals surface area contributed by atoms with Gasteiger partial charge in [0.15, 0.2) is 0 Å². The van der Waals surface area contributed by atoms with E-state index in [1.165, 1.54) is 0 Å². The highest BCUT2D eigenvalue weighted by Crippen LogP contribution is 2.29. The van der Waals surface area contributed by atoms with Gasteiger partial charge in [-0.05, 0) is 37.6 Å². The molecular formula is C15H16N2O2. The van der Waals surface area contributed by atoms with Crippen LogP contribution in [-0.4, -0.2) is 7.11 Å². The van der Waals surface area contributed by atoms with Gasteiger partial charge in [-0.3, -0.25) is 0 Å². The normalized spacial score (nSPS) is 10.0. The van der Waals surface area contributed by atoms with E-state index in [1.54, 1.807) is 19.2 Å². The van der Waals surface area contributed by atoms with Crippen LogP contribution in [0.2, 0.25) is 0 Å². The van der Waals surface area contributed by atoms with Crippen molar-refractivity contribution in [1.29, 1.82) is 5.26 Å². The summed E-state index contributed by atoms with van der Waals surface area (Å²) in [7, 11) is 1.67. The van der Waals surface area contributed by atoms with Crippen LogP contribution in [0.4, 0.5) is 5.69 Å². The fraction of sp³-hybridized carbons (Fsp3) is 0.267. The monoisotopic (exact) mass is 256 g/mol. The van der Waals surface area contributed by atoms with Gasteiger partial charge >= 0.3 is 0 Å². The van der Waals surface area contributed by atoms with E-state index < -0.39 is 0 Å². The summed E-state index contributed by atoms with van der Waals surface area (Å²) in [5, 5.41) is 12.0. The number of ether oxygens (including phenoxy) is 1. The Morgan fingerprint density at radius 2 is 2.05 bits per heavy atom. The van der Waals surface area contributed by atoms with E-state index in [-0.39, 0.29) is 0 Å². The summed E-state index contributed by atoms with van der Waals surface area (Å²) in [6, 6.07) is 9.46. The molecule has 1 aromatic heterocycles.